The molecule has 0 amide bonds. The van der Waals surface area contributed by atoms with E-state index in [0.717, 1.165) is 78.5 Å². The first-order chi connectivity index (χ1) is 66.9. The quantitative estimate of drug-likeness (QED) is 0.119. The number of hydrogen-bond acceptors (Lipinski definition) is 6. The monoisotopic (exact) mass is 1790 g/mol. The standard InChI is InChI=1S/C26H30N3.C24H20N3.C22H22N3.C16H18N3.2C15H16N3/c1-17(2)20-9-7-10-21(18(3)4)25(20)29-16-15-28(6)26(29)23-12-13-24-22(19(23)5)11-8-14-27-24;1-17-20-11-5-4-9-19(20)16-25-23(17)24-26(2)14-15-27(24)22-13-7-10-18-8-3-6-12-21(18)22;1-15-8-7-9-16(2)21(15)25-13-12-24(4)22(25)19-14-23-20-11-6-5-10-18(20)17(19)3;1-11-10-18(3)16(19(11)4)14-7-8-15-13(12(14)2)6-5-9-17-15;2*1-11-12-5-4-8-16-14(12)7-6-13(11)15-17(2)9-10-18(15)3/h7-18H,1-6H3;3-16H,1-2H3;5-14H,1-4H3;5-10H,1-4H3;2*4-10H,1-3H3/q6*+1/i;;;1D3;;. The van der Waals surface area contributed by atoms with Gasteiger partial charge in [-0.2, -0.15) is 13.7 Å². The Morgan fingerprint density at radius 2 is 0.654 bits per heavy atom. The molecule has 12 heterocycles. The Labute approximate surface area is 801 Å². The first-order valence-corrected chi connectivity index (χ1v) is 46.4. The summed E-state index contributed by atoms with van der Waals surface area (Å²) in [7, 11) is 18.3. The lowest BCUT2D eigenvalue weighted by atomic mass is 9.92. The van der Waals surface area contributed by atoms with E-state index in [4.69, 9.17) is 14.1 Å². The largest absolute Gasteiger partial charge is 0.313 e. The van der Waals surface area contributed by atoms with Crippen molar-refractivity contribution in [1.82, 2.24) is 57.3 Å². The molecular weight excluding hydrogens is 1670 g/mol. The van der Waals surface area contributed by atoms with Crippen LogP contribution in [-0.2, 0) is 63.4 Å². The molecule has 0 aliphatic heterocycles. The van der Waals surface area contributed by atoms with Crippen molar-refractivity contribution in [2.45, 2.75) is 102 Å². The lowest BCUT2D eigenvalue weighted by Crippen LogP contribution is -2.29. The van der Waals surface area contributed by atoms with Crippen molar-refractivity contribution in [1.29, 1.82) is 0 Å². The van der Waals surface area contributed by atoms with Gasteiger partial charge in [-0.15, -0.1) is 0 Å². The Balaban J connectivity index is 0.000000116. The van der Waals surface area contributed by atoms with E-state index < -0.39 is 6.85 Å². The van der Waals surface area contributed by atoms with Gasteiger partial charge in [0.1, 0.15) is 90.9 Å². The van der Waals surface area contributed by atoms with Gasteiger partial charge in [-0.1, -0.05) is 167 Å². The van der Waals surface area contributed by atoms with Gasteiger partial charge in [0, 0.05) is 97.0 Å². The summed E-state index contributed by atoms with van der Waals surface area (Å²) in [6.07, 6.45) is 34.1. The normalized spacial score (nSPS) is 11.7. The van der Waals surface area contributed by atoms with E-state index in [1.54, 1.807) is 24.0 Å². The summed E-state index contributed by atoms with van der Waals surface area (Å²) in [4.78, 5) is 27.2. The number of aromatic nitrogens is 18. The van der Waals surface area contributed by atoms with Crippen molar-refractivity contribution in [3.05, 3.63) is 391 Å². The van der Waals surface area contributed by atoms with Crippen LogP contribution < -0.4 is 27.4 Å². The van der Waals surface area contributed by atoms with Crippen LogP contribution >= 0.6 is 0 Å². The van der Waals surface area contributed by atoms with Crippen molar-refractivity contribution in [2.75, 3.05) is 0 Å². The summed E-state index contributed by atoms with van der Waals surface area (Å²) in [6.45, 7) is 24.2. The molecule has 22 rings (SSSR count). The van der Waals surface area contributed by atoms with E-state index in [2.05, 4.69) is 429 Å². The minimum Gasteiger partial charge on any atom is -0.256 e. The third kappa shape index (κ3) is 17.8. The van der Waals surface area contributed by atoms with E-state index in [-0.39, 0.29) is 0 Å². The highest BCUT2D eigenvalue weighted by Crippen LogP contribution is 2.39. The summed E-state index contributed by atoms with van der Waals surface area (Å²) >= 11 is 0. The molecule has 0 unspecified atom stereocenters. The summed E-state index contributed by atoms with van der Waals surface area (Å²) in [5.74, 6) is 7.61. The number of imidazole rings is 6. The smallest absolute Gasteiger partial charge is 0.256 e. The van der Waals surface area contributed by atoms with Gasteiger partial charge in [-0.25, -0.2) is 46.1 Å². The summed E-state index contributed by atoms with van der Waals surface area (Å²) in [5, 5.41) is 10.8. The van der Waals surface area contributed by atoms with Gasteiger partial charge in [-0.3, -0.25) is 24.9 Å². The molecule has 0 aliphatic rings. The number of rotatable bonds is 11. The average molecular weight is 1800 g/mol. The van der Waals surface area contributed by atoms with Crippen LogP contribution in [0.5, 0.6) is 0 Å². The minimum absolute atomic E-state index is 0.329. The third-order valence-corrected chi connectivity index (χ3v) is 26.7. The fraction of sp³-hybridized carbons (Fsp3) is 0.203. The number of benzene rings is 10. The van der Waals surface area contributed by atoms with Crippen molar-refractivity contribution < 1.29 is 31.5 Å². The highest BCUT2D eigenvalue weighted by Gasteiger charge is 2.31. The second-order valence-corrected chi connectivity index (χ2v) is 36.2. The number of pyridine rings is 6. The topological polar surface area (TPSA) is 130 Å². The summed E-state index contributed by atoms with van der Waals surface area (Å²) < 4.78 is 48.6. The third-order valence-electron chi connectivity index (χ3n) is 26.7. The molecule has 12 aromatic heterocycles. The highest BCUT2D eigenvalue weighted by atomic mass is 15.2. The Kier molecular flexibility index (Phi) is 25.4. The molecule has 0 radical (unpaired) electrons. The molecule has 0 aliphatic carbocycles. The summed E-state index contributed by atoms with van der Waals surface area (Å²) in [6, 6.07) is 78.0. The van der Waals surface area contributed by atoms with Crippen LogP contribution in [0, 0.1) is 62.2 Å². The molecular formula is C118H122N18+6. The Morgan fingerprint density at radius 1 is 0.287 bits per heavy atom. The van der Waals surface area contributed by atoms with E-state index >= 15 is 0 Å². The molecule has 0 atom stereocenters. The van der Waals surface area contributed by atoms with Crippen LogP contribution in [0.15, 0.2) is 330 Å². The van der Waals surface area contributed by atoms with Crippen LogP contribution in [-0.4, -0.2) is 57.3 Å². The molecule has 0 fully saturated rings. The molecule has 10 aromatic carbocycles. The zero-order valence-corrected chi connectivity index (χ0v) is 81.9. The summed E-state index contributed by atoms with van der Waals surface area (Å²) in [5.41, 5.74) is 28.8. The lowest BCUT2D eigenvalue weighted by molar-refractivity contribution is -0.659. The van der Waals surface area contributed by atoms with Crippen molar-refractivity contribution in [3.63, 3.8) is 0 Å². The number of fused-ring (bicyclic) bond motifs is 7. The van der Waals surface area contributed by atoms with Crippen LogP contribution in [0.3, 0.4) is 0 Å². The highest BCUT2D eigenvalue weighted by molar-refractivity contribution is 5.95. The van der Waals surface area contributed by atoms with Crippen LogP contribution in [0.2, 0.25) is 0 Å². The molecule has 678 valence electrons. The van der Waals surface area contributed by atoms with Crippen LogP contribution in [0.4, 0.5) is 0 Å². The molecule has 18 nitrogen and oxygen atoms in total. The lowest BCUT2D eigenvalue weighted by Gasteiger charge is -2.18. The van der Waals surface area contributed by atoms with E-state index in [1.165, 1.54) is 139 Å². The fourth-order valence-corrected chi connectivity index (χ4v) is 19.5. The predicted molar refractivity (Wildman–Crippen MR) is 553 cm³/mol. The van der Waals surface area contributed by atoms with E-state index in [0.29, 0.717) is 17.5 Å². The van der Waals surface area contributed by atoms with Gasteiger partial charge in [0.25, 0.3) is 29.1 Å². The Morgan fingerprint density at radius 3 is 1.12 bits per heavy atom. The number of nitrogens with zero attached hydrogens (tertiary/aromatic N) is 18. The van der Waals surface area contributed by atoms with Gasteiger partial charge in [-0.05, 0) is 207 Å². The van der Waals surface area contributed by atoms with E-state index in [9.17, 15) is 0 Å². The van der Waals surface area contributed by atoms with Gasteiger partial charge < -0.3 is 0 Å². The zero-order valence-electron chi connectivity index (χ0n) is 84.9. The zero-order chi connectivity index (χ0) is 98.1. The van der Waals surface area contributed by atoms with Crippen molar-refractivity contribution >= 4 is 76.1 Å². The maximum Gasteiger partial charge on any atom is 0.313 e. The van der Waals surface area contributed by atoms with Crippen LogP contribution in [0.25, 0.3) is 162 Å². The molecule has 18 heteroatoms. The number of aryl methyl sites for hydroxylation is 17. The molecule has 0 saturated carbocycles. The van der Waals surface area contributed by atoms with Crippen LogP contribution in [0.1, 0.15) is 105 Å². The maximum atomic E-state index is 7.66. The number of hydrogen-bond donors (Lipinski definition) is 0. The molecule has 0 bridgehead atoms. The first-order valence-electron chi connectivity index (χ1n) is 47.9. The number of para-hydroxylation sites is 3. The molecule has 0 saturated heterocycles. The van der Waals surface area contributed by atoms with Gasteiger partial charge in [0.2, 0.25) is 0 Å². The van der Waals surface area contributed by atoms with Crippen molar-refractivity contribution in [3.8, 4) is 85.5 Å². The Hall–Kier alpha value is -15.8. The second-order valence-electron chi connectivity index (χ2n) is 36.2. The molecule has 0 N–H and O–H groups in total. The predicted octanol–water partition coefficient (Wildman–Crippen LogP) is 22.9. The van der Waals surface area contributed by atoms with Gasteiger partial charge in [0.15, 0.2) is 5.69 Å². The Bertz CT molecular complexity index is 8160. The molecule has 0 spiro atoms. The van der Waals surface area contributed by atoms with Crippen molar-refractivity contribution in [2.24, 2.45) is 63.4 Å². The molecule has 136 heavy (non-hydrogen) atoms. The molecule has 22 aromatic rings. The average Bonchev–Trinajstić information content (AvgIpc) is 1.69. The fourth-order valence-electron chi connectivity index (χ4n) is 19.5. The SMILES string of the molecule is Cc1c(-c2n(-c3c(C(C)C)cccc3C(C)C)cc[n+]2C)ccc2ncccc12.Cc1c(-c2n(-c3cccc4ccccc34)cc[n+]2C)ncc2ccccc12.Cc1c(-c2n(C)cc[n+]2C)ccc2ncccc12.Cc1c(-c2n(C)cc[n+]2C)ccc2ncccc12.Cc1cccc(C)c1-n1cc[n+](C)c1-c1cnc2ccccc2c1C.[2H]C([2H])([2H])c1c[n+](C)c(-c2ccc3ncccc3c2C)n1C. The second kappa shape index (κ2) is 39.2. The maximum absolute atomic E-state index is 7.66. The minimum atomic E-state index is -2.13. The first kappa shape index (κ1) is 88.1. The van der Waals surface area contributed by atoms with Gasteiger partial charge in [0.05, 0.1) is 119 Å². The van der Waals surface area contributed by atoms with E-state index in [1.807, 2.05) is 98.1 Å². The van der Waals surface area contributed by atoms with Gasteiger partial charge >= 0.3 is 5.82 Å².